The maximum absolute atomic E-state index is 13.7. The molecule has 0 radical (unpaired) electrons. The molecular formula is C15H17FN2. The first-order chi connectivity index (χ1) is 8.59. The normalized spacial score (nSPS) is 12.7. The van der Waals surface area contributed by atoms with E-state index in [1.165, 1.54) is 6.07 Å². The average Bonchev–Trinajstić information content (AvgIpc) is 2.38. The van der Waals surface area contributed by atoms with E-state index in [0.29, 0.717) is 5.69 Å². The molecule has 2 rings (SSSR count). The second-order valence-electron chi connectivity index (χ2n) is 4.60. The predicted molar refractivity (Wildman–Crippen MR) is 71.7 cm³/mol. The highest BCUT2D eigenvalue weighted by atomic mass is 19.1. The zero-order valence-electron chi connectivity index (χ0n) is 10.9. The van der Waals surface area contributed by atoms with Gasteiger partial charge < -0.3 is 4.90 Å². The summed E-state index contributed by atoms with van der Waals surface area (Å²) >= 11 is 0. The Hall–Kier alpha value is -1.74. The van der Waals surface area contributed by atoms with Crippen molar-refractivity contribution in [3.05, 3.63) is 54.0 Å². The highest BCUT2D eigenvalue weighted by Gasteiger charge is 2.11. The average molecular weight is 244 g/mol. The van der Waals surface area contributed by atoms with Crippen LogP contribution in [0.15, 0.2) is 42.6 Å². The lowest BCUT2D eigenvalue weighted by atomic mass is 10.0. The molecule has 0 aliphatic carbocycles. The first-order valence-corrected chi connectivity index (χ1v) is 5.97. The van der Waals surface area contributed by atoms with Gasteiger partial charge in [-0.15, -0.1) is 0 Å². The molecule has 0 N–H and O–H groups in total. The van der Waals surface area contributed by atoms with E-state index in [1.54, 1.807) is 12.3 Å². The van der Waals surface area contributed by atoms with E-state index in [0.717, 1.165) is 11.1 Å². The van der Waals surface area contributed by atoms with Crippen LogP contribution < -0.4 is 0 Å². The van der Waals surface area contributed by atoms with Crippen LogP contribution in [-0.4, -0.2) is 24.0 Å². The second-order valence-corrected chi connectivity index (χ2v) is 4.60. The van der Waals surface area contributed by atoms with Crippen molar-refractivity contribution in [3.63, 3.8) is 0 Å². The highest BCUT2D eigenvalue weighted by molar-refractivity contribution is 5.60. The maximum atomic E-state index is 13.7. The number of rotatable bonds is 3. The summed E-state index contributed by atoms with van der Waals surface area (Å²) in [5.74, 6) is -0.285. The van der Waals surface area contributed by atoms with Crippen LogP contribution in [0.5, 0.6) is 0 Å². The number of halogens is 1. The number of nitrogens with zero attached hydrogens (tertiary/aromatic N) is 2. The molecule has 2 nitrogen and oxygen atoms in total. The van der Waals surface area contributed by atoms with Crippen LogP contribution in [0.25, 0.3) is 11.3 Å². The van der Waals surface area contributed by atoms with Gasteiger partial charge in [-0.3, -0.25) is 4.98 Å². The van der Waals surface area contributed by atoms with E-state index >= 15 is 0 Å². The van der Waals surface area contributed by atoms with Gasteiger partial charge in [0.1, 0.15) is 11.5 Å². The number of benzene rings is 1. The number of hydrogen-bond acceptors (Lipinski definition) is 2. The minimum Gasteiger partial charge on any atom is -0.303 e. The summed E-state index contributed by atoms with van der Waals surface area (Å²) in [4.78, 5) is 6.22. The minimum atomic E-state index is -0.285. The third-order valence-electron chi connectivity index (χ3n) is 3.18. The van der Waals surface area contributed by atoms with Gasteiger partial charge in [-0.1, -0.05) is 18.2 Å². The monoisotopic (exact) mass is 244 g/mol. The topological polar surface area (TPSA) is 16.1 Å². The van der Waals surface area contributed by atoms with Crippen molar-refractivity contribution >= 4 is 0 Å². The molecule has 0 unspecified atom stereocenters. The minimum absolute atomic E-state index is 0.285. The second kappa shape index (κ2) is 5.27. The van der Waals surface area contributed by atoms with Gasteiger partial charge in [0.25, 0.3) is 0 Å². The SMILES string of the molecule is C[C@@H](c1cccc(-c2ncccc2F)c1)N(C)C. The molecule has 0 aliphatic heterocycles. The molecule has 0 saturated heterocycles. The van der Waals surface area contributed by atoms with E-state index < -0.39 is 0 Å². The van der Waals surface area contributed by atoms with Crippen molar-refractivity contribution in [2.75, 3.05) is 14.1 Å². The Morgan fingerprint density at radius 1 is 1.17 bits per heavy atom. The molecule has 0 amide bonds. The standard InChI is InChI=1S/C15H17FN2/c1-11(18(2)3)12-6-4-7-13(10-12)15-14(16)8-5-9-17-15/h4-11H,1-3H3/t11-/m0/s1. The van der Waals surface area contributed by atoms with E-state index in [-0.39, 0.29) is 11.9 Å². The third-order valence-corrected chi connectivity index (χ3v) is 3.18. The lowest BCUT2D eigenvalue weighted by Crippen LogP contribution is -2.16. The largest absolute Gasteiger partial charge is 0.303 e. The number of hydrogen-bond donors (Lipinski definition) is 0. The molecule has 0 bridgehead atoms. The van der Waals surface area contributed by atoms with Crippen LogP contribution in [0, 0.1) is 5.82 Å². The quantitative estimate of drug-likeness (QED) is 0.821. The van der Waals surface area contributed by atoms with E-state index in [2.05, 4.69) is 22.9 Å². The Bertz CT molecular complexity index is 538. The summed E-state index contributed by atoms with van der Waals surface area (Å²) < 4.78 is 13.7. The molecule has 1 atom stereocenters. The van der Waals surface area contributed by atoms with Gasteiger partial charge >= 0.3 is 0 Å². The lowest BCUT2D eigenvalue weighted by Gasteiger charge is -2.20. The van der Waals surface area contributed by atoms with Crippen LogP contribution in [0.4, 0.5) is 4.39 Å². The fourth-order valence-electron chi connectivity index (χ4n) is 1.84. The summed E-state index contributed by atoms with van der Waals surface area (Å²) in [7, 11) is 4.05. The maximum Gasteiger partial charge on any atom is 0.149 e. The van der Waals surface area contributed by atoms with Crippen LogP contribution in [-0.2, 0) is 0 Å². The van der Waals surface area contributed by atoms with Gasteiger partial charge in [0, 0.05) is 17.8 Å². The Kier molecular flexibility index (Phi) is 3.72. The summed E-state index contributed by atoms with van der Waals surface area (Å²) in [6.45, 7) is 2.12. The fraction of sp³-hybridized carbons (Fsp3) is 0.267. The molecule has 0 fully saturated rings. The van der Waals surface area contributed by atoms with Gasteiger partial charge in [-0.2, -0.15) is 0 Å². The molecule has 0 saturated carbocycles. The molecule has 2 aromatic rings. The van der Waals surface area contributed by atoms with Crippen LogP contribution in [0.3, 0.4) is 0 Å². The predicted octanol–water partition coefficient (Wildman–Crippen LogP) is 3.51. The molecule has 1 aromatic heterocycles. The van der Waals surface area contributed by atoms with E-state index in [1.807, 2.05) is 32.3 Å². The fourth-order valence-corrected chi connectivity index (χ4v) is 1.84. The number of aromatic nitrogens is 1. The van der Waals surface area contributed by atoms with Gasteiger partial charge in [0.05, 0.1) is 0 Å². The first-order valence-electron chi connectivity index (χ1n) is 5.97. The Balaban J connectivity index is 2.42. The summed E-state index contributed by atoms with van der Waals surface area (Å²) in [5.41, 5.74) is 2.38. The van der Waals surface area contributed by atoms with E-state index in [9.17, 15) is 4.39 Å². The molecule has 94 valence electrons. The molecular weight excluding hydrogens is 227 g/mol. The van der Waals surface area contributed by atoms with Crippen molar-refractivity contribution in [3.8, 4) is 11.3 Å². The van der Waals surface area contributed by atoms with Gasteiger partial charge in [0.2, 0.25) is 0 Å². The molecule has 1 heterocycles. The van der Waals surface area contributed by atoms with E-state index in [4.69, 9.17) is 0 Å². The van der Waals surface area contributed by atoms with Crippen molar-refractivity contribution in [1.29, 1.82) is 0 Å². The molecule has 3 heteroatoms. The lowest BCUT2D eigenvalue weighted by molar-refractivity contribution is 0.321. The Labute approximate surface area is 107 Å². The molecule has 18 heavy (non-hydrogen) atoms. The van der Waals surface area contributed by atoms with Crippen LogP contribution >= 0.6 is 0 Å². The summed E-state index contributed by atoms with van der Waals surface area (Å²) in [6.07, 6.45) is 1.61. The highest BCUT2D eigenvalue weighted by Crippen LogP contribution is 2.25. The zero-order chi connectivity index (χ0) is 13.1. The number of pyridine rings is 1. The summed E-state index contributed by atoms with van der Waals surface area (Å²) in [6, 6.07) is 11.2. The molecule has 0 spiro atoms. The Morgan fingerprint density at radius 2 is 1.94 bits per heavy atom. The smallest absolute Gasteiger partial charge is 0.149 e. The molecule has 1 aromatic carbocycles. The van der Waals surface area contributed by atoms with Gasteiger partial charge in [0.15, 0.2) is 0 Å². The zero-order valence-corrected chi connectivity index (χ0v) is 10.9. The third kappa shape index (κ3) is 2.57. The van der Waals surface area contributed by atoms with Crippen LogP contribution in [0.1, 0.15) is 18.5 Å². The van der Waals surface area contributed by atoms with Gasteiger partial charge in [-0.25, -0.2) is 4.39 Å². The Morgan fingerprint density at radius 3 is 2.61 bits per heavy atom. The van der Waals surface area contributed by atoms with Gasteiger partial charge in [-0.05, 0) is 44.8 Å². The van der Waals surface area contributed by atoms with Crippen LogP contribution in [0.2, 0.25) is 0 Å². The van der Waals surface area contributed by atoms with Crippen molar-refractivity contribution in [1.82, 2.24) is 9.88 Å². The summed E-state index contributed by atoms with van der Waals surface area (Å²) in [5, 5.41) is 0. The van der Waals surface area contributed by atoms with Crippen molar-refractivity contribution in [2.45, 2.75) is 13.0 Å². The molecule has 0 aliphatic rings. The van der Waals surface area contributed by atoms with Crippen molar-refractivity contribution < 1.29 is 4.39 Å². The first kappa shape index (κ1) is 12.7. The van der Waals surface area contributed by atoms with Crippen molar-refractivity contribution in [2.24, 2.45) is 0 Å².